The van der Waals surface area contributed by atoms with Gasteiger partial charge in [0.15, 0.2) is 11.6 Å². The third kappa shape index (κ3) is 1.56. The summed E-state index contributed by atoms with van der Waals surface area (Å²) in [7, 11) is 0. The molecule has 0 aromatic carbocycles. The van der Waals surface area contributed by atoms with Gasteiger partial charge < -0.3 is 0 Å². The number of fused-ring (bicyclic) bond motifs is 5. The molecule has 0 aromatic rings. The van der Waals surface area contributed by atoms with E-state index in [4.69, 9.17) is 0 Å². The number of hydrogen-bond acceptors (Lipinski definition) is 2. The molecule has 0 unspecified atom stereocenters. The third-order valence-corrected chi connectivity index (χ3v) is 7.32. The average molecular weight is 296 g/mol. The van der Waals surface area contributed by atoms with Gasteiger partial charge in [-0.25, -0.2) is 0 Å². The number of carbonyl (C=O) groups is 2. The van der Waals surface area contributed by atoms with Crippen molar-refractivity contribution in [3.8, 4) is 0 Å². The normalized spacial score (nSPS) is 46.9. The predicted octanol–water partition coefficient (Wildman–Crippen LogP) is 4.03. The number of ketones is 2. The van der Waals surface area contributed by atoms with Crippen molar-refractivity contribution < 1.29 is 9.59 Å². The summed E-state index contributed by atoms with van der Waals surface area (Å²) in [5, 5.41) is 0. The Kier molecular flexibility index (Phi) is 2.77. The number of rotatable bonds is 0. The molecular weight excluding hydrogens is 272 g/mol. The highest BCUT2D eigenvalue weighted by Gasteiger charge is 2.58. The van der Waals surface area contributed by atoms with Crippen LogP contribution in [0.25, 0.3) is 0 Å². The summed E-state index contributed by atoms with van der Waals surface area (Å²) in [6.45, 7) is 8.74. The maximum atomic E-state index is 12.3. The van der Waals surface area contributed by atoms with Gasteiger partial charge in [-0.2, -0.15) is 0 Å². The Balaban J connectivity index is 1.77. The Bertz CT molecular complexity index is 653. The van der Waals surface area contributed by atoms with E-state index < -0.39 is 0 Å². The van der Waals surface area contributed by atoms with Crippen LogP contribution >= 0.6 is 0 Å². The van der Waals surface area contributed by atoms with Gasteiger partial charge in [-0.1, -0.05) is 37.6 Å². The van der Waals surface area contributed by atoms with E-state index in [1.54, 1.807) is 0 Å². The lowest BCUT2D eigenvalue weighted by molar-refractivity contribution is -0.129. The van der Waals surface area contributed by atoms with Gasteiger partial charge in [0.2, 0.25) is 0 Å². The minimum Gasteiger partial charge on any atom is -0.295 e. The molecule has 2 nitrogen and oxygen atoms in total. The molecule has 5 atom stereocenters. The van der Waals surface area contributed by atoms with Crippen molar-refractivity contribution in [1.82, 2.24) is 0 Å². The summed E-state index contributed by atoms with van der Waals surface area (Å²) < 4.78 is 0. The van der Waals surface area contributed by atoms with Crippen LogP contribution in [0.15, 0.2) is 36.0 Å². The number of carbonyl (C=O) groups excluding carboxylic acids is 2. The first-order valence-corrected chi connectivity index (χ1v) is 8.52. The Morgan fingerprint density at radius 1 is 1.23 bits per heavy atom. The first-order valence-electron chi connectivity index (χ1n) is 8.52. The van der Waals surface area contributed by atoms with Crippen LogP contribution < -0.4 is 0 Å². The van der Waals surface area contributed by atoms with E-state index in [1.165, 1.54) is 5.57 Å². The van der Waals surface area contributed by atoms with E-state index in [-0.39, 0.29) is 16.6 Å². The summed E-state index contributed by atoms with van der Waals surface area (Å²) >= 11 is 0. The zero-order valence-electron chi connectivity index (χ0n) is 13.5. The van der Waals surface area contributed by atoms with Crippen LogP contribution in [0, 0.1) is 28.6 Å². The van der Waals surface area contributed by atoms with Crippen LogP contribution in [-0.2, 0) is 9.59 Å². The maximum Gasteiger partial charge on any atom is 0.161 e. The fourth-order valence-corrected chi connectivity index (χ4v) is 5.85. The van der Waals surface area contributed by atoms with Crippen molar-refractivity contribution in [3.63, 3.8) is 0 Å². The van der Waals surface area contributed by atoms with E-state index >= 15 is 0 Å². The predicted molar refractivity (Wildman–Crippen MR) is 86.1 cm³/mol. The zero-order chi connectivity index (χ0) is 15.7. The monoisotopic (exact) mass is 296 g/mol. The summed E-state index contributed by atoms with van der Waals surface area (Å²) in [6.07, 6.45) is 10.5. The third-order valence-electron chi connectivity index (χ3n) is 7.32. The van der Waals surface area contributed by atoms with Crippen LogP contribution in [0.2, 0.25) is 0 Å². The molecule has 0 heterocycles. The van der Waals surface area contributed by atoms with E-state index in [0.29, 0.717) is 30.0 Å². The summed E-state index contributed by atoms with van der Waals surface area (Å²) in [5.74, 6) is 1.99. The smallest absolute Gasteiger partial charge is 0.161 e. The molecule has 0 N–H and O–H groups in total. The average Bonchev–Trinajstić information content (AvgIpc) is 2.77. The van der Waals surface area contributed by atoms with Gasteiger partial charge >= 0.3 is 0 Å². The van der Waals surface area contributed by atoms with Crippen molar-refractivity contribution in [2.24, 2.45) is 28.6 Å². The Hall–Kier alpha value is -1.44. The Labute approximate surface area is 132 Å². The minimum atomic E-state index is -0.176. The van der Waals surface area contributed by atoms with Crippen LogP contribution in [0.5, 0.6) is 0 Å². The quantitative estimate of drug-likeness (QED) is 0.632. The summed E-state index contributed by atoms with van der Waals surface area (Å²) in [4.78, 5) is 24.2. The second-order valence-electron chi connectivity index (χ2n) is 8.13. The number of hydrogen-bond donors (Lipinski definition) is 0. The number of allylic oxidation sites excluding steroid dienone is 5. The van der Waals surface area contributed by atoms with E-state index in [0.717, 1.165) is 31.3 Å². The SMILES string of the molecule is C=C1CC(=O)C=C2CC[C@@H]3[C@H](CC[C@]4(C)C(=O)C=C[C@@H]34)[C@@]12C. The molecule has 0 saturated heterocycles. The first-order chi connectivity index (χ1) is 10.4. The van der Waals surface area contributed by atoms with Crippen molar-refractivity contribution in [2.45, 2.75) is 46.0 Å². The summed E-state index contributed by atoms with van der Waals surface area (Å²) in [6, 6.07) is 0. The molecule has 0 bridgehead atoms. The van der Waals surface area contributed by atoms with E-state index in [2.05, 4.69) is 26.5 Å². The summed E-state index contributed by atoms with van der Waals surface area (Å²) in [5.41, 5.74) is 2.19. The van der Waals surface area contributed by atoms with Crippen molar-refractivity contribution in [2.75, 3.05) is 0 Å². The molecule has 0 radical (unpaired) electrons. The molecule has 4 aliphatic carbocycles. The lowest BCUT2D eigenvalue weighted by Gasteiger charge is -2.57. The van der Waals surface area contributed by atoms with E-state index in [1.807, 2.05) is 12.2 Å². The maximum absolute atomic E-state index is 12.3. The van der Waals surface area contributed by atoms with Crippen molar-refractivity contribution in [1.29, 1.82) is 0 Å². The molecule has 2 saturated carbocycles. The Morgan fingerprint density at radius 2 is 2.00 bits per heavy atom. The highest BCUT2D eigenvalue weighted by atomic mass is 16.1. The molecule has 116 valence electrons. The van der Waals surface area contributed by atoms with Crippen molar-refractivity contribution >= 4 is 11.6 Å². The molecule has 22 heavy (non-hydrogen) atoms. The molecule has 4 aliphatic rings. The second-order valence-corrected chi connectivity index (χ2v) is 8.13. The first kappa shape index (κ1) is 14.2. The van der Waals surface area contributed by atoms with Gasteiger partial charge in [-0.05, 0) is 55.6 Å². The van der Waals surface area contributed by atoms with Crippen molar-refractivity contribution in [3.05, 3.63) is 36.0 Å². The topological polar surface area (TPSA) is 34.1 Å². The standard InChI is InChI=1S/C20H24O2/c1-12-10-14(21)11-13-4-5-15-16-6-7-18(22)19(16,2)9-8-17(15)20(12,13)3/h6-7,11,15-17H,1,4-5,8-10H2,2-3H3/t15-,16-,17-,19-,20-/m0/s1. The second kappa shape index (κ2) is 4.31. The lowest BCUT2D eigenvalue weighted by Crippen LogP contribution is -2.51. The lowest BCUT2D eigenvalue weighted by atomic mass is 9.46. The van der Waals surface area contributed by atoms with Gasteiger partial charge in [0.25, 0.3) is 0 Å². The van der Waals surface area contributed by atoms with Gasteiger partial charge in [0, 0.05) is 17.3 Å². The molecule has 4 rings (SSSR count). The fraction of sp³-hybridized carbons (Fsp3) is 0.600. The van der Waals surface area contributed by atoms with Crippen LogP contribution in [-0.4, -0.2) is 11.6 Å². The van der Waals surface area contributed by atoms with E-state index in [9.17, 15) is 9.59 Å². The molecular formula is C20H24O2. The van der Waals surface area contributed by atoms with Gasteiger partial charge in [0.05, 0.1) is 0 Å². The van der Waals surface area contributed by atoms with Gasteiger partial charge in [-0.15, -0.1) is 0 Å². The van der Waals surface area contributed by atoms with Crippen LogP contribution in [0.1, 0.15) is 46.0 Å². The zero-order valence-corrected chi connectivity index (χ0v) is 13.5. The molecule has 0 amide bonds. The largest absolute Gasteiger partial charge is 0.295 e. The molecule has 2 fully saturated rings. The van der Waals surface area contributed by atoms with Gasteiger partial charge in [-0.3, -0.25) is 9.59 Å². The highest BCUT2D eigenvalue weighted by molar-refractivity contribution is 5.98. The van der Waals surface area contributed by atoms with Crippen LogP contribution in [0.3, 0.4) is 0 Å². The molecule has 2 heteroatoms. The molecule has 0 aliphatic heterocycles. The Morgan fingerprint density at radius 3 is 2.77 bits per heavy atom. The van der Waals surface area contributed by atoms with Crippen LogP contribution in [0.4, 0.5) is 0 Å². The highest BCUT2D eigenvalue weighted by Crippen LogP contribution is 2.64. The molecule has 0 aromatic heterocycles. The minimum absolute atomic E-state index is 0.0301. The van der Waals surface area contributed by atoms with Gasteiger partial charge in [0.1, 0.15) is 0 Å². The fourth-order valence-electron chi connectivity index (χ4n) is 5.85. The molecule has 0 spiro atoms.